The van der Waals surface area contributed by atoms with Crippen molar-refractivity contribution in [2.75, 3.05) is 5.32 Å². The molecule has 0 radical (unpaired) electrons. The summed E-state index contributed by atoms with van der Waals surface area (Å²) in [5.41, 5.74) is 2.28. The number of amides is 1. The molecule has 0 saturated heterocycles. The lowest BCUT2D eigenvalue weighted by atomic mass is 10.2. The zero-order valence-electron chi connectivity index (χ0n) is 21.3. The number of rotatable bonds is 7. The highest BCUT2D eigenvalue weighted by Gasteiger charge is 2.25. The van der Waals surface area contributed by atoms with Crippen LogP contribution in [0.4, 0.5) is 5.69 Å². The summed E-state index contributed by atoms with van der Waals surface area (Å²) in [6, 6.07) is 25.7. The largest absolute Gasteiger partial charge is 0.319 e. The Morgan fingerprint density at radius 3 is 2.16 bits per heavy atom. The average molecular weight is 526 g/mol. The molecule has 0 bridgehead atoms. The molecule has 9 heteroatoms. The monoisotopic (exact) mass is 525 g/mol. The number of aromatic nitrogens is 4. The van der Waals surface area contributed by atoms with Crippen molar-refractivity contribution in [3.63, 3.8) is 0 Å². The molecular formula is C29H27N5O3S. The fourth-order valence-corrected chi connectivity index (χ4v) is 5.39. The van der Waals surface area contributed by atoms with Crippen molar-refractivity contribution < 1.29 is 4.79 Å². The SMILES string of the molecule is CCC(Sc1nc2ccccc2c(=O)n1-c1ccccc1)C(=O)Nc1c(C)n(C)n(-c2ccccc2)c1=O. The van der Waals surface area contributed by atoms with Gasteiger partial charge in [-0.05, 0) is 49.7 Å². The zero-order chi connectivity index (χ0) is 26.8. The maximum absolute atomic E-state index is 13.5. The molecule has 0 aliphatic rings. The van der Waals surface area contributed by atoms with Gasteiger partial charge in [0, 0.05) is 7.05 Å². The summed E-state index contributed by atoms with van der Waals surface area (Å²) >= 11 is 1.21. The number of fused-ring (bicyclic) bond motifs is 1. The Labute approximate surface area is 223 Å². The molecule has 1 N–H and O–H groups in total. The standard InChI is InChI=1S/C29H27N5O3S/c1-4-24(26(35)31-25-19(2)32(3)34(28(25)37)21-15-9-6-10-16-21)38-29-30-23-18-12-11-17-22(23)27(36)33(29)20-13-7-5-8-14-20/h5-18,24H,4H2,1-3H3,(H,31,35). The predicted octanol–water partition coefficient (Wildman–Crippen LogP) is 4.69. The number of benzene rings is 3. The number of hydrogen-bond donors (Lipinski definition) is 1. The minimum Gasteiger partial charge on any atom is -0.319 e. The van der Waals surface area contributed by atoms with E-state index in [9.17, 15) is 14.4 Å². The van der Waals surface area contributed by atoms with Crippen molar-refractivity contribution >= 4 is 34.3 Å². The van der Waals surface area contributed by atoms with Crippen LogP contribution in [-0.2, 0) is 11.8 Å². The van der Waals surface area contributed by atoms with E-state index in [-0.39, 0.29) is 22.7 Å². The minimum absolute atomic E-state index is 0.204. The van der Waals surface area contributed by atoms with Crippen molar-refractivity contribution in [2.45, 2.75) is 30.7 Å². The van der Waals surface area contributed by atoms with Crippen LogP contribution in [0.2, 0.25) is 0 Å². The van der Waals surface area contributed by atoms with Gasteiger partial charge in [0.2, 0.25) is 5.91 Å². The van der Waals surface area contributed by atoms with Crippen molar-refractivity contribution in [1.29, 1.82) is 0 Å². The molecule has 5 rings (SSSR count). The summed E-state index contributed by atoms with van der Waals surface area (Å²) in [5.74, 6) is -0.328. The number of carbonyl (C=O) groups is 1. The maximum Gasteiger partial charge on any atom is 0.295 e. The van der Waals surface area contributed by atoms with E-state index in [0.29, 0.717) is 39.5 Å². The zero-order valence-corrected chi connectivity index (χ0v) is 22.1. The van der Waals surface area contributed by atoms with E-state index >= 15 is 0 Å². The molecule has 0 saturated carbocycles. The fourth-order valence-electron chi connectivity index (χ4n) is 4.36. The van der Waals surface area contributed by atoms with Gasteiger partial charge >= 0.3 is 0 Å². The normalized spacial score (nSPS) is 12.0. The molecule has 2 aromatic heterocycles. The first-order valence-electron chi connectivity index (χ1n) is 12.3. The van der Waals surface area contributed by atoms with Gasteiger partial charge in [-0.3, -0.25) is 23.6 Å². The van der Waals surface area contributed by atoms with Crippen molar-refractivity contribution in [2.24, 2.45) is 7.05 Å². The Hall–Kier alpha value is -4.37. The van der Waals surface area contributed by atoms with Crippen LogP contribution in [0.25, 0.3) is 22.3 Å². The van der Waals surface area contributed by atoms with Gasteiger partial charge < -0.3 is 5.32 Å². The Morgan fingerprint density at radius 2 is 1.50 bits per heavy atom. The van der Waals surface area contributed by atoms with Crippen LogP contribution < -0.4 is 16.4 Å². The van der Waals surface area contributed by atoms with Gasteiger partial charge in [0.05, 0.1) is 33.2 Å². The van der Waals surface area contributed by atoms with Crippen LogP contribution in [0, 0.1) is 6.92 Å². The molecule has 0 aliphatic heterocycles. The molecule has 3 aromatic carbocycles. The van der Waals surface area contributed by atoms with Crippen LogP contribution in [0.1, 0.15) is 19.0 Å². The smallest absolute Gasteiger partial charge is 0.295 e. The Balaban J connectivity index is 1.52. The number of nitrogens with zero attached hydrogens (tertiary/aromatic N) is 4. The highest BCUT2D eigenvalue weighted by Crippen LogP contribution is 2.28. The number of para-hydroxylation sites is 3. The summed E-state index contributed by atoms with van der Waals surface area (Å²) < 4.78 is 4.79. The lowest BCUT2D eigenvalue weighted by molar-refractivity contribution is -0.115. The van der Waals surface area contributed by atoms with Gasteiger partial charge in [0.1, 0.15) is 5.69 Å². The Kier molecular flexibility index (Phi) is 7.02. The molecule has 5 aromatic rings. The minimum atomic E-state index is -0.595. The lowest BCUT2D eigenvalue weighted by Crippen LogP contribution is -2.30. The Bertz CT molecular complexity index is 1740. The second kappa shape index (κ2) is 10.5. The van der Waals surface area contributed by atoms with E-state index in [0.717, 1.165) is 0 Å². The number of thioether (sulfide) groups is 1. The maximum atomic E-state index is 13.5. The summed E-state index contributed by atoms with van der Waals surface area (Å²) in [7, 11) is 1.78. The first kappa shape index (κ1) is 25.3. The predicted molar refractivity (Wildman–Crippen MR) is 152 cm³/mol. The number of anilines is 1. The third kappa shape index (κ3) is 4.56. The summed E-state index contributed by atoms with van der Waals surface area (Å²) in [6.07, 6.45) is 0.465. The molecule has 8 nitrogen and oxygen atoms in total. The fraction of sp³-hybridized carbons (Fsp3) is 0.172. The number of hydrogen-bond acceptors (Lipinski definition) is 5. The van der Waals surface area contributed by atoms with Crippen LogP contribution in [0.3, 0.4) is 0 Å². The quantitative estimate of drug-likeness (QED) is 0.246. The van der Waals surface area contributed by atoms with E-state index in [2.05, 4.69) is 5.32 Å². The lowest BCUT2D eigenvalue weighted by Gasteiger charge is -2.18. The summed E-state index contributed by atoms with van der Waals surface area (Å²) in [4.78, 5) is 45.1. The van der Waals surface area contributed by atoms with Gasteiger partial charge in [0.25, 0.3) is 11.1 Å². The van der Waals surface area contributed by atoms with E-state index in [4.69, 9.17) is 4.98 Å². The van der Waals surface area contributed by atoms with Crippen LogP contribution in [-0.4, -0.2) is 30.1 Å². The highest BCUT2D eigenvalue weighted by atomic mass is 32.2. The third-order valence-electron chi connectivity index (χ3n) is 6.47. The molecule has 1 atom stereocenters. The van der Waals surface area contributed by atoms with Crippen LogP contribution >= 0.6 is 11.8 Å². The Morgan fingerprint density at radius 1 is 0.895 bits per heavy atom. The van der Waals surface area contributed by atoms with Crippen molar-refractivity contribution in [3.05, 3.63) is 111 Å². The second-order valence-electron chi connectivity index (χ2n) is 8.83. The molecule has 0 aliphatic carbocycles. The van der Waals surface area contributed by atoms with E-state index in [1.54, 1.807) is 41.4 Å². The molecule has 0 fully saturated rings. The van der Waals surface area contributed by atoms with Crippen LogP contribution in [0.5, 0.6) is 0 Å². The van der Waals surface area contributed by atoms with Gasteiger partial charge in [-0.15, -0.1) is 0 Å². The first-order valence-corrected chi connectivity index (χ1v) is 13.2. The molecule has 1 unspecified atom stereocenters. The van der Waals surface area contributed by atoms with E-state index in [1.165, 1.54) is 16.4 Å². The molecular weight excluding hydrogens is 498 g/mol. The van der Waals surface area contributed by atoms with Gasteiger partial charge in [-0.25, -0.2) is 9.67 Å². The number of carbonyl (C=O) groups excluding carboxylic acids is 1. The molecule has 0 spiro atoms. The van der Waals surface area contributed by atoms with E-state index < -0.39 is 5.25 Å². The highest BCUT2D eigenvalue weighted by molar-refractivity contribution is 8.00. The second-order valence-corrected chi connectivity index (χ2v) is 10.00. The number of nitrogens with one attached hydrogen (secondary N) is 1. The van der Waals surface area contributed by atoms with E-state index in [1.807, 2.05) is 73.7 Å². The van der Waals surface area contributed by atoms with Gasteiger partial charge in [-0.2, -0.15) is 0 Å². The van der Waals surface area contributed by atoms with Crippen molar-refractivity contribution in [3.8, 4) is 11.4 Å². The molecule has 1 amide bonds. The van der Waals surface area contributed by atoms with Crippen LogP contribution in [0.15, 0.2) is 99.7 Å². The molecule has 38 heavy (non-hydrogen) atoms. The van der Waals surface area contributed by atoms with Gasteiger partial charge in [0.15, 0.2) is 5.16 Å². The average Bonchev–Trinajstić information content (AvgIpc) is 3.15. The summed E-state index contributed by atoms with van der Waals surface area (Å²) in [5, 5.41) is 3.18. The molecule has 192 valence electrons. The third-order valence-corrected chi connectivity index (χ3v) is 7.79. The summed E-state index contributed by atoms with van der Waals surface area (Å²) in [6.45, 7) is 3.69. The van der Waals surface area contributed by atoms with Gasteiger partial charge in [-0.1, -0.05) is 67.2 Å². The van der Waals surface area contributed by atoms with Crippen molar-refractivity contribution in [1.82, 2.24) is 18.9 Å². The first-order chi connectivity index (χ1) is 18.4. The topological polar surface area (TPSA) is 90.9 Å². The molecule has 2 heterocycles.